The van der Waals surface area contributed by atoms with Gasteiger partial charge in [0.1, 0.15) is 0 Å². The smallest absolute Gasteiger partial charge is 0.259 e. The van der Waals surface area contributed by atoms with Gasteiger partial charge in [-0.05, 0) is 12.8 Å². The molecule has 0 N–H and O–H groups in total. The molecule has 70 valence electrons. The van der Waals surface area contributed by atoms with Crippen LogP contribution in [0.1, 0.15) is 12.8 Å². The molecule has 1 saturated carbocycles. The summed E-state index contributed by atoms with van der Waals surface area (Å²) in [4.78, 5) is 3.47. The van der Waals surface area contributed by atoms with E-state index in [4.69, 9.17) is 9.47 Å². The summed E-state index contributed by atoms with van der Waals surface area (Å²) in [6.07, 6.45) is 3.67. The van der Waals surface area contributed by atoms with E-state index in [2.05, 4.69) is 4.98 Å². The van der Waals surface area contributed by atoms with E-state index in [0.29, 0.717) is 5.75 Å². The minimum absolute atomic E-state index is 0.0920. The van der Waals surface area contributed by atoms with Gasteiger partial charge in [-0.1, -0.05) is 0 Å². The SMILES string of the molecule is COc1c(OC2CC2)ccnc1F. The Labute approximate surface area is 75.5 Å². The van der Waals surface area contributed by atoms with E-state index >= 15 is 0 Å². The van der Waals surface area contributed by atoms with Crippen LogP contribution in [0.5, 0.6) is 11.5 Å². The van der Waals surface area contributed by atoms with Crippen molar-refractivity contribution in [2.45, 2.75) is 18.9 Å². The van der Waals surface area contributed by atoms with Crippen molar-refractivity contribution in [2.75, 3.05) is 7.11 Å². The van der Waals surface area contributed by atoms with Crippen LogP contribution in [0.4, 0.5) is 4.39 Å². The van der Waals surface area contributed by atoms with E-state index < -0.39 is 5.95 Å². The highest BCUT2D eigenvalue weighted by Gasteiger charge is 2.25. The molecule has 1 aromatic rings. The van der Waals surface area contributed by atoms with Gasteiger partial charge in [-0.2, -0.15) is 4.39 Å². The largest absolute Gasteiger partial charge is 0.489 e. The molecule has 2 rings (SSSR count). The van der Waals surface area contributed by atoms with Crippen molar-refractivity contribution in [3.63, 3.8) is 0 Å². The summed E-state index contributed by atoms with van der Waals surface area (Å²) >= 11 is 0. The van der Waals surface area contributed by atoms with E-state index in [1.165, 1.54) is 13.3 Å². The molecule has 0 aromatic carbocycles. The van der Waals surface area contributed by atoms with Crippen molar-refractivity contribution in [2.24, 2.45) is 0 Å². The Kier molecular flexibility index (Phi) is 2.04. The lowest BCUT2D eigenvalue weighted by Gasteiger charge is -2.08. The number of nitrogens with zero attached hydrogens (tertiary/aromatic N) is 1. The van der Waals surface area contributed by atoms with Crippen LogP contribution in [0.25, 0.3) is 0 Å². The highest BCUT2D eigenvalue weighted by molar-refractivity contribution is 5.38. The predicted octanol–water partition coefficient (Wildman–Crippen LogP) is 1.77. The van der Waals surface area contributed by atoms with E-state index in [0.717, 1.165) is 12.8 Å². The zero-order valence-electron chi connectivity index (χ0n) is 7.29. The average molecular weight is 183 g/mol. The molecule has 1 heterocycles. The Hall–Kier alpha value is -1.32. The molecule has 1 aliphatic rings. The number of rotatable bonds is 3. The van der Waals surface area contributed by atoms with Gasteiger partial charge in [0.25, 0.3) is 5.95 Å². The van der Waals surface area contributed by atoms with E-state index in [1.54, 1.807) is 6.07 Å². The molecule has 0 radical (unpaired) electrons. The molecule has 3 nitrogen and oxygen atoms in total. The number of hydrogen-bond donors (Lipinski definition) is 0. The summed E-state index contributed by atoms with van der Waals surface area (Å²) in [6, 6.07) is 1.61. The fourth-order valence-corrected chi connectivity index (χ4v) is 1.05. The normalized spacial score (nSPS) is 15.5. The maximum Gasteiger partial charge on any atom is 0.259 e. The summed E-state index contributed by atoms with van der Waals surface area (Å²) in [5.41, 5.74) is 0. The van der Waals surface area contributed by atoms with E-state index in [1.807, 2.05) is 0 Å². The third-order valence-corrected chi connectivity index (χ3v) is 1.85. The quantitative estimate of drug-likeness (QED) is 0.669. The number of aromatic nitrogens is 1. The van der Waals surface area contributed by atoms with Crippen molar-refractivity contribution in [1.82, 2.24) is 4.98 Å². The van der Waals surface area contributed by atoms with Crippen LogP contribution in [-0.2, 0) is 0 Å². The van der Waals surface area contributed by atoms with Crippen molar-refractivity contribution in [3.8, 4) is 11.5 Å². The lowest BCUT2D eigenvalue weighted by molar-refractivity contribution is 0.273. The van der Waals surface area contributed by atoms with Gasteiger partial charge < -0.3 is 9.47 Å². The summed E-state index contributed by atoms with van der Waals surface area (Å²) < 4.78 is 23.3. The first kappa shape index (κ1) is 8.29. The van der Waals surface area contributed by atoms with Crippen molar-refractivity contribution in [1.29, 1.82) is 0 Å². The van der Waals surface area contributed by atoms with Gasteiger partial charge in [-0.25, -0.2) is 4.98 Å². The van der Waals surface area contributed by atoms with Gasteiger partial charge in [-0.15, -0.1) is 0 Å². The first-order valence-corrected chi connectivity index (χ1v) is 4.16. The van der Waals surface area contributed by atoms with Gasteiger partial charge in [0, 0.05) is 12.3 Å². The molecule has 0 saturated heterocycles. The first-order valence-electron chi connectivity index (χ1n) is 4.16. The number of ether oxygens (including phenoxy) is 2. The molecular weight excluding hydrogens is 173 g/mol. The van der Waals surface area contributed by atoms with Crippen LogP contribution in [0.2, 0.25) is 0 Å². The van der Waals surface area contributed by atoms with Crippen molar-refractivity contribution < 1.29 is 13.9 Å². The third-order valence-electron chi connectivity index (χ3n) is 1.85. The molecule has 0 spiro atoms. The Balaban J connectivity index is 2.25. The second kappa shape index (κ2) is 3.20. The van der Waals surface area contributed by atoms with Crippen LogP contribution >= 0.6 is 0 Å². The number of hydrogen-bond acceptors (Lipinski definition) is 3. The molecule has 0 unspecified atom stereocenters. The topological polar surface area (TPSA) is 31.4 Å². The van der Waals surface area contributed by atoms with Gasteiger partial charge in [0.2, 0.25) is 5.75 Å². The fourth-order valence-electron chi connectivity index (χ4n) is 1.05. The van der Waals surface area contributed by atoms with Gasteiger partial charge in [-0.3, -0.25) is 0 Å². The lowest BCUT2D eigenvalue weighted by atomic mass is 10.4. The van der Waals surface area contributed by atoms with E-state index in [-0.39, 0.29) is 11.9 Å². The number of methoxy groups -OCH3 is 1. The molecule has 13 heavy (non-hydrogen) atoms. The summed E-state index contributed by atoms with van der Waals surface area (Å²) in [7, 11) is 1.40. The number of pyridine rings is 1. The van der Waals surface area contributed by atoms with Gasteiger partial charge in [0.05, 0.1) is 13.2 Å². The summed E-state index contributed by atoms with van der Waals surface area (Å²) in [5.74, 6) is -0.0902. The maximum absolute atomic E-state index is 13.0. The molecular formula is C9H10FNO2. The molecule has 1 aliphatic carbocycles. The molecule has 0 bridgehead atoms. The molecule has 0 amide bonds. The van der Waals surface area contributed by atoms with Crippen LogP contribution < -0.4 is 9.47 Å². The first-order chi connectivity index (χ1) is 6.31. The highest BCUT2D eigenvalue weighted by atomic mass is 19.1. The second-order valence-corrected chi connectivity index (χ2v) is 2.95. The average Bonchev–Trinajstić information content (AvgIpc) is 2.89. The lowest BCUT2D eigenvalue weighted by Crippen LogP contribution is -2.00. The molecule has 0 aliphatic heterocycles. The van der Waals surface area contributed by atoms with Crippen molar-refractivity contribution >= 4 is 0 Å². The maximum atomic E-state index is 13.0. The fraction of sp³-hybridized carbons (Fsp3) is 0.444. The highest BCUT2D eigenvalue weighted by Crippen LogP contribution is 2.33. The predicted molar refractivity (Wildman–Crippen MR) is 44.4 cm³/mol. The Morgan fingerprint density at radius 3 is 2.92 bits per heavy atom. The summed E-state index contributed by atoms with van der Waals surface area (Å²) in [6.45, 7) is 0. The van der Waals surface area contributed by atoms with Gasteiger partial charge in [0.15, 0.2) is 5.75 Å². The van der Waals surface area contributed by atoms with Crippen LogP contribution in [0.15, 0.2) is 12.3 Å². The van der Waals surface area contributed by atoms with Crippen LogP contribution in [-0.4, -0.2) is 18.2 Å². The van der Waals surface area contributed by atoms with Gasteiger partial charge >= 0.3 is 0 Å². The second-order valence-electron chi connectivity index (χ2n) is 2.95. The molecule has 1 aromatic heterocycles. The van der Waals surface area contributed by atoms with Crippen molar-refractivity contribution in [3.05, 3.63) is 18.2 Å². The minimum Gasteiger partial charge on any atom is -0.489 e. The standard InChI is InChI=1S/C9H10FNO2/c1-12-8-7(13-6-2-3-6)4-5-11-9(8)10/h4-6H,2-3H2,1H3. The minimum atomic E-state index is -0.624. The molecule has 4 heteroatoms. The third kappa shape index (κ3) is 1.71. The summed E-state index contributed by atoms with van der Waals surface area (Å²) in [5, 5.41) is 0. The Morgan fingerprint density at radius 2 is 2.31 bits per heavy atom. The molecule has 0 atom stereocenters. The van der Waals surface area contributed by atoms with Crippen LogP contribution in [0.3, 0.4) is 0 Å². The molecule has 1 fully saturated rings. The zero-order chi connectivity index (χ0) is 9.26. The number of halogens is 1. The Morgan fingerprint density at radius 1 is 1.54 bits per heavy atom. The zero-order valence-corrected chi connectivity index (χ0v) is 7.29. The van der Waals surface area contributed by atoms with Crippen LogP contribution in [0, 0.1) is 5.95 Å². The monoisotopic (exact) mass is 183 g/mol. The Bertz CT molecular complexity index is 312. The van der Waals surface area contributed by atoms with E-state index in [9.17, 15) is 4.39 Å².